The van der Waals surface area contributed by atoms with Crippen molar-refractivity contribution in [3.63, 3.8) is 0 Å². The summed E-state index contributed by atoms with van der Waals surface area (Å²) in [6.45, 7) is 3.14. The number of hydrogen-bond acceptors (Lipinski definition) is 3. The minimum Gasteiger partial charge on any atom is -0.348 e. The van der Waals surface area contributed by atoms with Crippen LogP contribution in [0.25, 0.3) is 0 Å². The Bertz CT molecular complexity index is 431. The number of halogens is 1. The van der Waals surface area contributed by atoms with Crippen molar-refractivity contribution in [3.8, 4) is 0 Å². The van der Waals surface area contributed by atoms with Crippen LogP contribution in [0, 0.1) is 5.92 Å². The Hall–Kier alpha value is -0.840. The van der Waals surface area contributed by atoms with Crippen LogP contribution in [0.1, 0.15) is 13.3 Å². The van der Waals surface area contributed by atoms with Crippen molar-refractivity contribution in [2.24, 2.45) is 13.0 Å². The van der Waals surface area contributed by atoms with E-state index in [1.807, 2.05) is 0 Å². The van der Waals surface area contributed by atoms with Gasteiger partial charge < -0.3 is 9.47 Å². The van der Waals surface area contributed by atoms with Gasteiger partial charge in [-0.25, -0.2) is 4.98 Å². The summed E-state index contributed by atoms with van der Waals surface area (Å²) in [5, 5.41) is 0.883. The van der Waals surface area contributed by atoms with Gasteiger partial charge in [-0.2, -0.15) is 0 Å². The van der Waals surface area contributed by atoms with Gasteiger partial charge in [-0.1, -0.05) is 22.9 Å². The lowest BCUT2D eigenvalue weighted by Crippen LogP contribution is -2.38. The molecule has 88 valence electrons. The first-order chi connectivity index (χ1) is 7.65. The highest BCUT2D eigenvalue weighted by Crippen LogP contribution is 2.27. The van der Waals surface area contributed by atoms with Crippen LogP contribution in [0.5, 0.6) is 0 Å². The zero-order valence-electron chi connectivity index (χ0n) is 9.56. The number of aromatic nitrogens is 2. The third-order valence-electron chi connectivity index (χ3n) is 3.31. The monoisotopic (exact) mass is 285 g/mol. The largest absolute Gasteiger partial charge is 0.348 e. The predicted molar refractivity (Wildman–Crippen MR) is 68.2 cm³/mol. The van der Waals surface area contributed by atoms with E-state index in [0.29, 0.717) is 17.8 Å². The fourth-order valence-electron chi connectivity index (χ4n) is 2.19. The Kier molecular flexibility index (Phi) is 3.33. The quantitative estimate of drug-likeness (QED) is 0.771. The van der Waals surface area contributed by atoms with Crippen LogP contribution in [0.15, 0.2) is 17.2 Å². The maximum atomic E-state index is 12.0. The van der Waals surface area contributed by atoms with Gasteiger partial charge in [0.25, 0.3) is 5.56 Å². The minimum atomic E-state index is -0.0115. The lowest BCUT2D eigenvalue weighted by atomic mass is 10.1. The van der Waals surface area contributed by atoms with Gasteiger partial charge in [-0.3, -0.25) is 4.79 Å². The number of aryl methyl sites for hydroxylation is 1. The molecule has 2 unspecified atom stereocenters. The number of nitrogens with zero attached hydrogens (tertiary/aromatic N) is 3. The van der Waals surface area contributed by atoms with Gasteiger partial charge in [0.2, 0.25) is 0 Å². The Balaban J connectivity index is 2.38. The van der Waals surface area contributed by atoms with E-state index in [-0.39, 0.29) is 5.56 Å². The smallest absolute Gasteiger partial charge is 0.293 e. The molecular weight excluding hydrogens is 270 g/mol. The maximum absolute atomic E-state index is 12.0. The van der Waals surface area contributed by atoms with Gasteiger partial charge in [0.05, 0.1) is 0 Å². The predicted octanol–water partition coefficient (Wildman–Crippen LogP) is 1.39. The highest BCUT2D eigenvalue weighted by atomic mass is 79.9. The van der Waals surface area contributed by atoms with Crippen molar-refractivity contribution in [1.29, 1.82) is 0 Å². The molecule has 5 heteroatoms. The molecule has 16 heavy (non-hydrogen) atoms. The van der Waals surface area contributed by atoms with Gasteiger partial charge in [-0.15, -0.1) is 0 Å². The summed E-state index contributed by atoms with van der Waals surface area (Å²) in [4.78, 5) is 18.3. The fraction of sp³-hybridized carbons (Fsp3) is 0.636. The molecule has 2 heterocycles. The van der Waals surface area contributed by atoms with Crippen LogP contribution in [0.3, 0.4) is 0 Å². The second-order valence-electron chi connectivity index (χ2n) is 4.35. The molecule has 2 rings (SSSR count). The lowest BCUT2D eigenvalue weighted by Gasteiger charge is -2.25. The molecule has 1 aliphatic rings. The number of anilines is 1. The van der Waals surface area contributed by atoms with E-state index in [1.165, 1.54) is 0 Å². The fourth-order valence-corrected chi connectivity index (χ4v) is 3.18. The van der Waals surface area contributed by atoms with Crippen molar-refractivity contribution in [1.82, 2.24) is 9.55 Å². The second kappa shape index (κ2) is 4.57. The summed E-state index contributed by atoms with van der Waals surface area (Å²) in [5.74, 6) is 1.19. The number of alkyl halides is 1. The van der Waals surface area contributed by atoms with Gasteiger partial charge in [0, 0.05) is 37.4 Å². The van der Waals surface area contributed by atoms with E-state index in [0.717, 1.165) is 18.3 Å². The number of rotatable bonds is 2. The molecule has 1 aromatic rings. The Morgan fingerprint density at radius 2 is 2.38 bits per heavy atom. The molecule has 0 saturated carbocycles. The Labute approximate surface area is 103 Å². The lowest BCUT2D eigenvalue weighted by molar-refractivity contribution is 0.551. The molecule has 0 amide bonds. The number of hydrogen-bond donors (Lipinski definition) is 0. The third-order valence-corrected chi connectivity index (χ3v) is 3.97. The Morgan fingerprint density at radius 1 is 1.62 bits per heavy atom. The van der Waals surface area contributed by atoms with E-state index in [2.05, 4.69) is 32.7 Å². The molecule has 0 aromatic carbocycles. The molecular formula is C11H16BrN3O. The van der Waals surface area contributed by atoms with Crippen LogP contribution in [0.2, 0.25) is 0 Å². The third kappa shape index (κ3) is 1.88. The van der Waals surface area contributed by atoms with Crippen molar-refractivity contribution in [2.45, 2.75) is 19.4 Å². The van der Waals surface area contributed by atoms with Crippen molar-refractivity contribution < 1.29 is 0 Å². The molecule has 0 radical (unpaired) electrons. The molecule has 1 saturated heterocycles. The van der Waals surface area contributed by atoms with E-state index in [1.54, 1.807) is 24.0 Å². The Morgan fingerprint density at radius 3 is 3.06 bits per heavy atom. The molecule has 2 atom stereocenters. The molecule has 1 fully saturated rings. The van der Waals surface area contributed by atoms with Crippen molar-refractivity contribution in [2.75, 3.05) is 16.8 Å². The average Bonchev–Trinajstić information content (AvgIpc) is 2.63. The zero-order valence-corrected chi connectivity index (χ0v) is 11.1. The van der Waals surface area contributed by atoms with Crippen LogP contribution in [-0.4, -0.2) is 27.5 Å². The highest BCUT2D eigenvalue weighted by Gasteiger charge is 2.32. The SMILES string of the molecule is CC1CCN(c2nccn(C)c2=O)C1CBr. The molecule has 0 spiro atoms. The first kappa shape index (κ1) is 11.6. The van der Waals surface area contributed by atoms with E-state index in [9.17, 15) is 4.79 Å². The standard InChI is InChI=1S/C11H16BrN3O/c1-8-3-5-15(9(8)7-12)10-11(16)14(2)6-4-13-10/h4,6,8-9H,3,5,7H2,1-2H3. The van der Waals surface area contributed by atoms with E-state index < -0.39 is 0 Å². The van der Waals surface area contributed by atoms with E-state index >= 15 is 0 Å². The van der Waals surface area contributed by atoms with Crippen LogP contribution in [0.4, 0.5) is 5.82 Å². The summed E-state index contributed by atoms with van der Waals surface area (Å²) >= 11 is 3.52. The second-order valence-corrected chi connectivity index (χ2v) is 5.00. The summed E-state index contributed by atoms with van der Waals surface area (Å²) in [7, 11) is 1.76. The first-order valence-corrected chi connectivity index (χ1v) is 6.61. The summed E-state index contributed by atoms with van der Waals surface area (Å²) in [6.07, 6.45) is 4.50. The van der Waals surface area contributed by atoms with Gasteiger partial charge in [0.15, 0.2) is 5.82 Å². The minimum absolute atomic E-state index is 0.0115. The summed E-state index contributed by atoms with van der Waals surface area (Å²) in [5.41, 5.74) is -0.0115. The molecule has 1 aromatic heterocycles. The van der Waals surface area contributed by atoms with Gasteiger partial charge >= 0.3 is 0 Å². The summed E-state index contributed by atoms with van der Waals surface area (Å²) in [6, 6.07) is 0.377. The highest BCUT2D eigenvalue weighted by molar-refractivity contribution is 9.09. The average molecular weight is 286 g/mol. The van der Waals surface area contributed by atoms with Crippen molar-refractivity contribution in [3.05, 3.63) is 22.7 Å². The van der Waals surface area contributed by atoms with Crippen LogP contribution >= 0.6 is 15.9 Å². The molecule has 4 nitrogen and oxygen atoms in total. The van der Waals surface area contributed by atoms with Gasteiger partial charge in [0.1, 0.15) is 0 Å². The maximum Gasteiger partial charge on any atom is 0.293 e. The van der Waals surface area contributed by atoms with Gasteiger partial charge in [-0.05, 0) is 12.3 Å². The normalized spacial score (nSPS) is 25.1. The van der Waals surface area contributed by atoms with E-state index in [4.69, 9.17) is 0 Å². The van der Waals surface area contributed by atoms with Crippen molar-refractivity contribution >= 4 is 21.7 Å². The molecule has 0 bridgehead atoms. The van der Waals surface area contributed by atoms with Crippen LogP contribution in [-0.2, 0) is 7.05 Å². The molecule has 1 aliphatic heterocycles. The molecule has 0 N–H and O–H groups in total. The zero-order chi connectivity index (χ0) is 11.7. The topological polar surface area (TPSA) is 38.1 Å². The molecule has 0 aliphatic carbocycles. The van der Waals surface area contributed by atoms with Crippen LogP contribution < -0.4 is 10.5 Å². The first-order valence-electron chi connectivity index (χ1n) is 5.49. The summed E-state index contributed by atoms with van der Waals surface area (Å²) < 4.78 is 1.58.